The average molecular weight is 203 g/mol. The lowest BCUT2D eigenvalue weighted by molar-refractivity contribution is 0.474. The average Bonchev–Trinajstić information content (AvgIpc) is 1.88. The van der Waals surface area contributed by atoms with Gasteiger partial charge in [-0.15, -0.1) is 4.91 Å². The molecule has 0 saturated heterocycles. The van der Waals surface area contributed by atoms with E-state index in [9.17, 15) is 4.91 Å². The normalized spacial score (nSPS) is 9.30. The van der Waals surface area contributed by atoms with Crippen LogP contribution in [-0.4, -0.2) is 10.1 Å². The highest BCUT2D eigenvalue weighted by atomic mass is 79.9. The summed E-state index contributed by atoms with van der Waals surface area (Å²) >= 11 is 3.06. The van der Waals surface area contributed by atoms with E-state index in [1.54, 1.807) is 0 Å². The van der Waals surface area contributed by atoms with Crippen LogP contribution < -0.4 is 0 Å². The molecule has 1 rings (SSSR count). The van der Waals surface area contributed by atoms with Crippen molar-refractivity contribution in [3.63, 3.8) is 0 Å². The second-order valence-electron chi connectivity index (χ2n) is 1.59. The van der Waals surface area contributed by atoms with Gasteiger partial charge in [-0.05, 0) is 27.2 Å². The van der Waals surface area contributed by atoms with Gasteiger partial charge in [0, 0.05) is 10.7 Å². The molecule has 5 heteroatoms. The van der Waals surface area contributed by atoms with Crippen molar-refractivity contribution >= 4 is 21.7 Å². The molecule has 0 radical (unpaired) electrons. The van der Waals surface area contributed by atoms with Crippen molar-refractivity contribution in [2.45, 2.75) is 0 Å². The minimum atomic E-state index is -0.218. The maximum atomic E-state index is 9.85. The van der Waals surface area contributed by atoms with Crippen molar-refractivity contribution < 1.29 is 5.11 Å². The van der Waals surface area contributed by atoms with Crippen LogP contribution in [0.4, 0.5) is 5.82 Å². The second kappa shape index (κ2) is 2.74. The number of nitrogens with zero attached hydrogens (tertiary/aromatic N) is 2. The number of aromatic hydroxyl groups is 1. The highest BCUT2D eigenvalue weighted by molar-refractivity contribution is 9.10. The van der Waals surface area contributed by atoms with Crippen LogP contribution in [0.3, 0.4) is 0 Å². The van der Waals surface area contributed by atoms with Crippen LogP contribution in [0.5, 0.6) is 5.75 Å². The quantitative estimate of drug-likeness (QED) is 0.709. The molecule has 0 saturated carbocycles. The van der Waals surface area contributed by atoms with Crippen molar-refractivity contribution in [1.82, 2.24) is 4.98 Å². The molecule has 0 amide bonds. The summed E-state index contributed by atoms with van der Waals surface area (Å²) in [6.45, 7) is 0. The molecule has 0 unspecified atom stereocenters. The van der Waals surface area contributed by atoms with Crippen LogP contribution in [0.25, 0.3) is 0 Å². The van der Waals surface area contributed by atoms with E-state index in [1.807, 2.05) is 0 Å². The lowest BCUT2D eigenvalue weighted by Gasteiger charge is -1.92. The zero-order valence-electron chi connectivity index (χ0n) is 4.78. The van der Waals surface area contributed by atoms with E-state index in [-0.39, 0.29) is 11.6 Å². The smallest absolute Gasteiger partial charge is 0.238 e. The molecule has 10 heavy (non-hydrogen) atoms. The third-order valence-electron chi connectivity index (χ3n) is 0.900. The molecule has 0 aliphatic rings. The highest BCUT2D eigenvalue weighted by Crippen LogP contribution is 2.25. The summed E-state index contributed by atoms with van der Waals surface area (Å²) in [4.78, 5) is 13.4. The summed E-state index contributed by atoms with van der Waals surface area (Å²) in [5, 5.41) is 11.4. The van der Waals surface area contributed by atoms with Crippen molar-refractivity contribution in [3.8, 4) is 5.75 Å². The summed E-state index contributed by atoms with van der Waals surface area (Å²) in [7, 11) is 0. The van der Waals surface area contributed by atoms with E-state index in [0.717, 1.165) is 0 Å². The Hall–Kier alpha value is -0.970. The molecule has 1 aromatic heterocycles. The third kappa shape index (κ3) is 1.30. The molecule has 1 heterocycles. The van der Waals surface area contributed by atoms with Crippen molar-refractivity contribution in [2.24, 2.45) is 5.18 Å². The summed E-state index contributed by atoms with van der Waals surface area (Å²) in [5.41, 5.74) is 0. The maximum absolute atomic E-state index is 9.85. The molecule has 52 valence electrons. The number of rotatable bonds is 1. The van der Waals surface area contributed by atoms with Crippen molar-refractivity contribution in [3.05, 3.63) is 21.6 Å². The number of nitroso groups, excluding NO2 is 1. The molecule has 0 aromatic carbocycles. The Balaban J connectivity index is 3.19. The van der Waals surface area contributed by atoms with Crippen LogP contribution in [0, 0.1) is 4.91 Å². The molecule has 0 atom stereocenters. The fourth-order valence-corrected chi connectivity index (χ4v) is 0.811. The van der Waals surface area contributed by atoms with Crippen molar-refractivity contribution in [1.29, 1.82) is 0 Å². The minimum absolute atomic E-state index is 0.191. The highest BCUT2D eigenvalue weighted by Gasteiger charge is 2.01. The van der Waals surface area contributed by atoms with Crippen LogP contribution in [-0.2, 0) is 0 Å². The zero-order valence-corrected chi connectivity index (χ0v) is 6.37. The lowest BCUT2D eigenvalue weighted by atomic mass is 10.4. The summed E-state index contributed by atoms with van der Waals surface area (Å²) in [6, 6.07) is 1.35. The fraction of sp³-hybridized carbons (Fsp3) is 0. The van der Waals surface area contributed by atoms with E-state index >= 15 is 0 Å². The molecule has 0 aliphatic heterocycles. The molecule has 1 N–H and O–H groups in total. The summed E-state index contributed by atoms with van der Waals surface area (Å²) in [6.07, 6.45) is 1.39. The van der Waals surface area contributed by atoms with E-state index in [2.05, 4.69) is 26.1 Å². The Kier molecular flexibility index (Phi) is 1.96. The van der Waals surface area contributed by atoms with Gasteiger partial charge < -0.3 is 5.11 Å². The molecule has 0 fully saturated rings. The summed E-state index contributed by atoms with van der Waals surface area (Å²) in [5.74, 6) is -0.410. The van der Waals surface area contributed by atoms with Gasteiger partial charge in [-0.2, -0.15) is 0 Å². The molecule has 1 aromatic rings. The largest absolute Gasteiger partial charge is 0.504 e. The Labute approximate surface area is 65.0 Å². The number of aromatic nitrogens is 1. The van der Waals surface area contributed by atoms with Gasteiger partial charge in [0.05, 0.1) is 0 Å². The number of hydrogen-bond donors (Lipinski definition) is 1. The van der Waals surface area contributed by atoms with Crippen LogP contribution in [0.1, 0.15) is 0 Å². The number of hydrogen-bond acceptors (Lipinski definition) is 4. The Morgan fingerprint density at radius 1 is 1.70 bits per heavy atom. The Bertz CT molecular complexity index is 264. The molecule has 0 aliphatic carbocycles. The molecule has 0 bridgehead atoms. The van der Waals surface area contributed by atoms with Crippen LogP contribution in [0.15, 0.2) is 21.9 Å². The molecular formula is C5H3BrN2O2. The minimum Gasteiger partial charge on any atom is -0.504 e. The van der Waals surface area contributed by atoms with Crippen LogP contribution >= 0.6 is 15.9 Å². The first-order valence-corrected chi connectivity index (χ1v) is 3.21. The standard InChI is InChI=1S/C5H3BrN2O2/c6-3-1-4(9)5(8-10)7-2-3/h1-2,9H. The van der Waals surface area contributed by atoms with E-state index in [4.69, 9.17) is 5.11 Å². The Morgan fingerprint density at radius 3 is 2.90 bits per heavy atom. The molecular weight excluding hydrogens is 200 g/mol. The van der Waals surface area contributed by atoms with Gasteiger partial charge in [0.2, 0.25) is 5.82 Å². The molecule has 0 spiro atoms. The van der Waals surface area contributed by atoms with Crippen LogP contribution in [0.2, 0.25) is 0 Å². The second-order valence-corrected chi connectivity index (χ2v) is 2.50. The van der Waals surface area contributed by atoms with E-state index in [0.29, 0.717) is 4.47 Å². The van der Waals surface area contributed by atoms with E-state index in [1.165, 1.54) is 12.3 Å². The Morgan fingerprint density at radius 2 is 2.40 bits per heavy atom. The first-order valence-electron chi connectivity index (χ1n) is 2.42. The SMILES string of the molecule is O=Nc1ncc(Br)cc1O. The summed E-state index contributed by atoms with van der Waals surface area (Å²) < 4.78 is 0.609. The van der Waals surface area contributed by atoms with Gasteiger partial charge in [0.1, 0.15) is 0 Å². The molecule has 4 nitrogen and oxygen atoms in total. The van der Waals surface area contributed by atoms with Gasteiger partial charge in [-0.25, -0.2) is 4.98 Å². The van der Waals surface area contributed by atoms with E-state index < -0.39 is 0 Å². The number of halogens is 1. The predicted octanol–water partition coefficient (Wildman–Crippen LogP) is 1.95. The first kappa shape index (κ1) is 7.14. The van der Waals surface area contributed by atoms with Gasteiger partial charge in [-0.3, -0.25) is 0 Å². The first-order chi connectivity index (χ1) is 4.74. The lowest BCUT2D eigenvalue weighted by Crippen LogP contribution is -1.73. The van der Waals surface area contributed by atoms with Gasteiger partial charge in [-0.1, -0.05) is 0 Å². The predicted molar refractivity (Wildman–Crippen MR) is 39.1 cm³/mol. The third-order valence-corrected chi connectivity index (χ3v) is 1.33. The number of pyridine rings is 1. The van der Waals surface area contributed by atoms with Gasteiger partial charge in [0.25, 0.3) is 0 Å². The maximum Gasteiger partial charge on any atom is 0.238 e. The zero-order chi connectivity index (χ0) is 7.56. The fourth-order valence-electron chi connectivity index (χ4n) is 0.492. The van der Waals surface area contributed by atoms with Gasteiger partial charge in [0.15, 0.2) is 5.75 Å². The van der Waals surface area contributed by atoms with Crippen molar-refractivity contribution in [2.75, 3.05) is 0 Å². The van der Waals surface area contributed by atoms with Gasteiger partial charge >= 0.3 is 0 Å². The topological polar surface area (TPSA) is 62.5 Å². The monoisotopic (exact) mass is 202 g/mol.